The number of piperidine rings is 1. The third kappa shape index (κ3) is 3.19. The summed E-state index contributed by atoms with van der Waals surface area (Å²) in [7, 11) is 0. The summed E-state index contributed by atoms with van der Waals surface area (Å²) in [6, 6.07) is 2.08. The highest BCUT2D eigenvalue weighted by Crippen LogP contribution is 2.32. The van der Waals surface area contributed by atoms with Crippen LogP contribution in [0.25, 0.3) is 0 Å². The summed E-state index contributed by atoms with van der Waals surface area (Å²) in [6.45, 7) is 4.11. The van der Waals surface area contributed by atoms with Crippen LogP contribution in [0.15, 0.2) is 6.07 Å². The van der Waals surface area contributed by atoms with Crippen LogP contribution in [-0.4, -0.2) is 36.3 Å². The van der Waals surface area contributed by atoms with E-state index in [4.69, 9.17) is 0 Å². The number of likely N-dealkylation sites (tertiary alicyclic amines) is 1. The lowest BCUT2D eigenvalue weighted by Gasteiger charge is -2.31. The third-order valence-corrected chi connectivity index (χ3v) is 5.81. The van der Waals surface area contributed by atoms with Gasteiger partial charge in [-0.1, -0.05) is 6.92 Å². The maximum atomic E-state index is 12.7. The third-order valence-electron chi connectivity index (χ3n) is 4.59. The van der Waals surface area contributed by atoms with Crippen LogP contribution in [0.5, 0.6) is 0 Å². The van der Waals surface area contributed by atoms with E-state index < -0.39 is 0 Å². The molecule has 0 spiro atoms. The molecule has 120 valence electrons. The van der Waals surface area contributed by atoms with Crippen molar-refractivity contribution < 1.29 is 9.59 Å². The fraction of sp³-hybridized carbons (Fsp3) is 0.647. The first kappa shape index (κ1) is 15.5. The van der Waals surface area contributed by atoms with E-state index in [-0.39, 0.29) is 17.7 Å². The monoisotopic (exact) mass is 320 g/mol. The molecule has 22 heavy (non-hydrogen) atoms. The number of nitrogens with one attached hydrogen (secondary N) is 1. The van der Waals surface area contributed by atoms with Gasteiger partial charge in [0.25, 0.3) is 5.91 Å². The van der Waals surface area contributed by atoms with Gasteiger partial charge in [-0.05, 0) is 50.2 Å². The van der Waals surface area contributed by atoms with Crippen molar-refractivity contribution in [3.8, 4) is 0 Å². The average molecular weight is 320 g/mol. The number of hydrogen-bond donors (Lipinski definition) is 1. The molecule has 2 aliphatic rings. The highest BCUT2D eigenvalue weighted by Gasteiger charge is 2.30. The van der Waals surface area contributed by atoms with Gasteiger partial charge in [-0.2, -0.15) is 0 Å². The highest BCUT2D eigenvalue weighted by atomic mass is 32.1. The summed E-state index contributed by atoms with van der Waals surface area (Å²) in [4.78, 5) is 28.9. The highest BCUT2D eigenvalue weighted by molar-refractivity contribution is 7.14. The lowest BCUT2D eigenvalue weighted by molar-refractivity contribution is -0.126. The maximum absolute atomic E-state index is 12.7. The molecular formula is C17H24N2O2S. The summed E-state index contributed by atoms with van der Waals surface area (Å²) in [5, 5.41) is 2.96. The Morgan fingerprint density at radius 2 is 2.23 bits per heavy atom. The van der Waals surface area contributed by atoms with Gasteiger partial charge in [0.05, 0.1) is 10.8 Å². The van der Waals surface area contributed by atoms with E-state index in [1.165, 1.54) is 16.9 Å². The van der Waals surface area contributed by atoms with E-state index >= 15 is 0 Å². The van der Waals surface area contributed by atoms with E-state index in [2.05, 4.69) is 11.4 Å². The molecule has 1 N–H and O–H groups in total. The van der Waals surface area contributed by atoms with Gasteiger partial charge in [0.1, 0.15) is 0 Å². The molecule has 1 aliphatic heterocycles. The molecule has 0 saturated carbocycles. The molecule has 1 aliphatic carbocycles. The molecule has 1 saturated heterocycles. The molecule has 1 aromatic heterocycles. The van der Waals surface area contributed by atoms with Gasteiger partial charge in [-0.25, -0.2) is 0 Å². The smallest absolute Gasteiger partial charge is 0.263 e. The Morgan fingerprint density at radius 1 is 1.36 bits per heavy atom. The zero-order valence-corrected chi connectivity index (χ0v) is 14.0. The van der Waals surface area contributed by atoms with Crippen LogP contribution in [0.1, 0.15) is 52.7 Å². The van der Waals surface area contributed by atoms with Crippen molar-refractivity contribution in [1.29, 1.82) is 0 Å². The van der Waals surface area contributed by atoms with Crippen LogP contribution in [0.4, 0.5) is 0 Å². The van der Waals surface area contributed by atoms with Crippen molar-refractivity contribution in [3.05, 3.63) is 21.4 Å². The number of carbonyl (C=O) groups excluding carboxylic acids is 2. The standard InChI is InChI=1S/C17H24N2O2S/c1-2-8-18-16(20)13-6-4-9-19(11-13)17(21)15-10-12-5-3-7-14(12)22-15/h10,13H,2-9,11H2,1H3,(H,18,20). The van der Waals surface area contributed by atoms with Gasteiger partial charge in [0, 0.05) is 24.5 Å². The maximum Gasteiger partial charge on any atom is 0.263 e. The molecule has 0 bridgehead atoms. The number of aryl methyl sites for hydroxylation is 2. The minimum Gasteiger partial charge on any atom is -0.356 e. The fourth-order valence-electron chi connectivity index (χ4n) is 3.36. The van der Waals surface area contributed by atoms with E-state index in [0.29, 0.717) is 6.54 Å². The van der Waals surface area contributed by atoms with Crippen LogP contribution in [0.3, 0.4) is 0 Å². The number of carbonyl (C=O) groups is 2. The minimum atomic E-state index is -0.0453. The first-order valence-electron chi connectivity index (χ1n) is 8.37. The summed E-state index contributed by atoms with van der Waals surface area (Å²) in [5.41, 5.74) is 1.36. The molecule has 2 heterocycles. The molecule has 1 unspecified atom stereocenters. The Labute approximate surface area is 135 Å². The molecule has 0 radical (unpaired) electrons. The largest absolute Gasteiger partial charge is 0.356 e. The Kier molecular flexibility index (Phi) is 4.81. The topological polar surface area (TPSA) is 49.4 Å². The van der Waals surface area contributed by atoms with E-state index in [0.717, 1.165) is 50.1 Å². The number of thiophene rings is 1. The SMILES string of the molecule is CCCNC(=O)C1CCCN(C(=O)c2cc3c(s2)CCC3)C1. The lowest BCUT2D eigenvalue weighted by atomic mass is 9.97. The lowest BCUT2D eigenvalue weighted by Crippen LogP contribution is -2.45. The van der Waals surface area contributed by atoms with Gasteiger partial charge in [0.15, 0.2) is 0 Å². The Morgan fingerprint density at radius 3 is 3.00 bits per heavy atom. The van der Waals surface area contributed by atoms with Crippen LogP contribution in [0, 0.1) is 5.92 Å². The molecular weight excluding hydrogens is 296 g/mol. The number of rotatable bonds is 4. The molecule has 0 aromatic carbocycles. The summed E-state index contributed by atoms with van der Waals surface area (Å²) in [5.74, 6) is 0.177. The molecule has 3 rings (SSSR count). The molecule has 2 amide bonds. The van der Waals surface area contributed by atoms with Gasteiger partial charge in [-0.15, -0.1) is 11.3 Å². The molecule has 5 heteroatoms. The van der Waals surface area contributed by atoms with Gasteiger partial charge < -0.3 is 10.2 Å². The van der Waals surface area contributed by atoms with E-state index in [9.17, 15) is 9.59 Å². The van der Waals surface area contributed by atoms with Gasteiger partial charge in [0.2, 0.25) is 5.91 Å². The van der Waals surface area contributed by atoms with Gasteiger partial charge >= 0.3 is 0 Å². The normalized spacial score (nSPS) is 20.8. The van der Waals surface area contributed by atoms with Crippen LogP contribution in [0.2, 0.25) is 0 Å². The minimum absolute atomic E-state index is 0.0453. The molecule has 1 fully saturated rings. The zero-order chi connectivity index (χ0) is 15.5. The second kappa shape index (κ2) is 6.82. The number of nitrogens with zero attached hydrogens (tertiary/aromatic N) is 1. The van der Waals surface area contributed by atoms with Crippen LogP contribution >= 0.6 is 11.3 Å². The van der Waals surface area contributed by atoms with Crippen molar-refractivity contribution >= 4 is 23.2 Å². The van der Waals surface area contributed by atoms with Crippen molar-refractivity contribution in [3.63, 3.8) is 0 Å². The van der Waals surface area contributed by atoms with Crippen LogP contribution < -0.4 is 5.32 Å². The second-order valence-corrected chi connectivity index (χ2v) is 7.43. The number of fused-ring (bicyclic) bond motifs is 1. The Balaban J connectivity index is 1.63. The number of amides is 2. The van der Waals surface area contributed by atoms with Crippen molar-refractivity contribution in [2.45, 2.75) is 45.4 Å². The predicted molar refractivity (Wildman–Crippen MR) is 88.3 cm³/mol. The summed E-state index contributed by atoms with van der Waals surface area (Å²) in [6.07, 6.45) is 6.21. The molecule has 4 nitrogen and oxygen atoms in total. The quantitative estimate of drug-likeness (QED) is 0.927. The van der Waals surface area contributed by atoms with E-state index in [1.807, 2.05) is 11.8 Å². The van der Waals surface area contributed by atoms with Gasteiger partial charge in [-0.3, -0.25) is 9.59 Å². The zero-order valence-electron chi connectivity index (χ0n) is 13.2. The predicted octanol–water partition coefficient (Wildman–Crippen LogP) is 2.62. The average Bonchev–Trinajstić information content (AvgIpc) is 3.13. The van der Waals surface area contributed by atoms with Crippen molar-refractivity contribution in [2.24, 2.45) is 5.92 Å². The summed E-state index contributed by atoms with van der Waals surface area (Å²) >= 11 is 1.66. The fourth-order valence-corrected chi connectivity index (χ4v) is 4.58. The number of hydrogen-bond acceptors (Lipinski definition) is 3. The molecule has 1 atom stereocenters. The molecule has 1 aromatic rings. The second-order valence-electron chi connectivity index (χ2n) is 6.29. The Hall–Kier alpha value is -1.36. The first-order chi connectivity index (χ1) is 10.7. The van der Waals surface area contributed by atoms with Crippen molar-refractivity contribution in [1.82, 2.24) is 10.2 Å². The van der Waals surface area contributed by atoms with Crippen molar-refractivity contribution in [2.75, 3.05) is 19.6 Å². The Bertz CT molecular complexity index is 546. The first-order valence-corrected chi connectivity index (χ1v) is 9.19. The van der Waals surface area contributed by atoms with Crippen LogP contribution in [-0.2, 0) is 17.6 Å². The van der Waals surface area contributed by atoms with E-state index in [1.54, 1.807) is 11.3 Å². The summed E-state index contributed by atoms with van der Waals surface area (Å²) < 4.78 is 0.